The maximum absolute atomic E-state index is 12.6. The zero-order valence-corrected chi connectivity index (χ0v) is 18.1. The minimum absolute atomic E-state index is 0.149. The normalized spacial score (nSPS) is 10.8. The maximum atomic E-state index is 12.6. The van der Waals surface area contributed by atoms with Crippen LogP contribution in [-0.2, 0) is 11.3 Å². The van der Waals surface area contributed by atoms with Gasteiger partial charge >= 0.3 is 0 Å². The van der Waals surface area contributed by atoms with Gasteiger partial charge in [-0.1, -0.05) is 41.4 Å². The van der Waals surface area contributed by atoms with E-state index in [2.05, 4.69) is 36.5 Å². The van der Waals surface area contributed by atoms with E-state index < -0.39 is 0 Å². The molecule has 0 atom stereocenters. The van der Waals surface area contributed by atoms with Crippen LogP contribution in [0.1, 0.15) is 5.56 Å². The summed E-state index contributed by atoms with van der Waals surface area (Å²) in [7, 11) is 1.55. The molecule has 0 aliphatic heterocycles. The molecular formula is C23H20ClN3O2S. The van der Waals surface area contributed by atoms with Gasteiger partial charge in [0, 0.05) is 22.8 Å². The average Bonchev–Trinajstić information content (AvgIpc) is 3.38. The lowest BCUT2D eigenvalue weighted by atomic mass is 10.1. The van der Waals surface area contributed by atoms with Crippen LogP contribution in [0.3, 0.4) is 0 Å². The average molecular weight is 438 g/mol. The number of nitrogens with one attached hydrogen (secondary N) is 1. The van der Waals surface area contributed by atoms with Gasteiger partial charge in [0.15, 0.2) is 0 Å². The molecule has 0 fully saturated rings. The summed E-state index contributed by atoms with van der Waals surface area (Å²) in [5, 5.41) is 6.23. The number of carbonyl (C=O) groups excluding carboxylic acids is 1. The van der Waals surface area contributed by atoms with E-state index >= 15 is 0 Å². The zero-order valence-electron chi connectivity index (χ0n) is 16.6. The van der Waals surface area contributed by atoms with Gasteiger partial charge in [0.2, 0.25) is 5.91 Å². The second kappa shape index (κ2) is 8.73. The number of hydrogen-bond acceptors (Lipinski definition) is 4. The summed E-state index contributed by atoms with van der Waals surface area (Å²) < 4.78 is 7.03. The molecule has 5 nitrogen and oxygen atoms in total. The van der Waals surface area contributed by atoms with Gasteiger partial charge in [-0.05, 0) is 37.3 Å². The van der Waals surface area contributed by atoms with Crippen molar-refractivity contribution in [3.8, 4) is 27.7 Å². The number of rotatable bonds is 6. The molecule has 0 saturated carbocycles. The van der Waals surface area contributed by atoms with E-state index in [1.165, 1.54) is 5.56 Å². The van der Waals surface area contributed by atoms with Crippen LogP contribution in [0.25, 0.3) is 22.0 Å². The Morgan fingerprint density at radius 2 is 2.00 bits per heavy atom. The van der Waals surface area contributed by atoms with Crippen molar-refractivity contribution in [1.29, 1.82) is 0 Å². The smallest absolute Gasteiger partial charge is 0.244 e. The summed E-state index contributed by atoms with van der Waals surface area (Å²) in [5.74, 6) is 0.416. The SMILES string of the molecule is COc1ccc(NC(=O)Cn2cccc2-c2nc(-c3ccc(C)cc3)cs2)cc1Cl. The third-order valence-corrected chi connectivity index (χ3v) is 5.81. The number of methoxy groups -OCH3 is 1. The molecule has 0 aliphatic rings. The predicted molar refractivity (Wildman–Crippen MR) is 122 cm³/mol. The fraction of sp³-hybridized carbons (Fsp3) is 0.130. The quantitative estimate of drug-likeness (QED) is 0.409. The molecular weight excluding hydrogens is 418 g/mol. The predicted octanol–water partition coefficient (Wildman–Crippen LogP) is 5.89. The number of halogens is 1. The summed E-state index contributed by atoms with van der Waals surface area (Å²) in [6, 6.07) is 17.3. The van der Waals surface area contributed by atoms with E-state index in [1.807, 2.05) is 28.3 Å². The van der Waals surface area contributed by atoms with E-state index in [0.717, 1.165) is 22.0 Å². The Bertz CT molecular complexity index is 1180. The van der Waals surface area contributed by atoms with Crippen LogP contribution in [0, 0.1) is 6.92 Å². The highest BCUT2D eigenvalue weighted by Gasteiger charge is 2.13. The zero-order chi connectivity index (χ0) is 21.1. The third-order valence-electron chi connectivity index (χ3n) is 4.65. The highest BCUT2D eigenvalue weighted by molar-refractivity contribution is 7.13. The molecule has 0 unspecified atom stereocenters. The second-order valence-corrected chi connectivity index (χ2v) is 8.09. The summed E-state index contributed by atoms with van der Waals surface area (Å²) in [6.45, 7) is 2.24. The summed E-state index contributed by atoms with van der Waals surface area (Å²) >= 11 is 7.70. The first-order chi connectivity index (χ1) is 14.5. The van der Waals surface area contributed by atoms with Crippen LogP contribution in [0.4, 0.5) is 5.69 Å². The van der Waals surface area contributed by atoms with Gasteiger partial charge in [0.1, 0.15) is 17.3 Å². The van der Waals surface area contributed by atoms with Crippen LogP contribution < -0.4 is 10.1 Å². The standard InChI is InChI=1S/C23H20ClN3O2S/c1-15-5-7-16(8-6-15)19-14-30-23(26-19)20-4-3-11-27(20)13-22(28)25-17-9-10-21(29-2)18(24)12-17/h3-12,14H,13H2,1-2H3,(H,25,28). The molecule has 4 rings (SSSR count). The molecule has 0 radical (unpaired) electrons. The second-order valence-electron chi connectivity index (χ2n) is 6.82. The fourth-order valence-corrected chi connectivity index (χ4v) is 4.22. The Hall–Kier alpha value is -3.09. The highest BCUT2D eigenvalue weighted by atomic mass is 35.5. The van der Waals surface area contributed by atoms with Gasteiger partial charge in [0.25, 0.3) is 0 Å². The molecule has 152 valence electrons. The van der Waals surface area contributed by atoms with E-state index in [-0.39, 0.29) is 12.5 Å². The molecule has 2 aromatic heterocycles. The van der Waals surface area contributed by atoms with Crippen molar-refractivity contribution in [3.05, 3.63) is 76.8 Å². The molecule has 0 bridgehead atoms. The first-order valence-corrected chi connectivity index (χ1v) is 10.6. The van der Waals surface area contributed by atoms with Crippen molar-refractivity contribution < 1.29 is 9.53 Å². The van der Waals surface area contributed by atoms with Crippen molar-refractivity contribution in [2.45, 2.75) is 13.5 Å². The van der Waals surface area contributed by atoms with Crippen molar-refractivity contribution in [3.63, 3.8) is 0 Å². The fourth-order valence-electron chi connectivity index (χ4n) is 3.09. The maximum Gasteiger partial charge on any atom is 0.244 e. The Kier molecular flexibility index (Phi) is 5.88. The van der Waals surface area contributed by atoms with Gasteiger partial charge in [0.05, 0.1) is 23.5 Å². The first kappa shape index (κ1) is 20.2. The summed E-state index contributed by atoms with van der Waals surface area (Å²) in [6.07, 6.45) is 1.88. The molecule has 0 aliphatic carbocycles. The highest BCUT2D eigenvalue weighted by Crippen LogP contribution is 2.30. The number of aromatic nitrogens is 2. The van der Waals surface area contributed by atoms with Crippen LogP contribution in [-0.4, -0.2) is 22.6 Å². The van der Waals surface area contributed by atoms with Crippen molar-refractivity contribution >= 4 is 34.5 Å². The summed E-state index contributed by atoms with van der Waals surface area (Å²) in [4.78, 5) is 17.3. The number of carbonyl (C=O) groups is 1. The Balaban J connectivity index is 1.49. The molecule has 7 heteroatoms. The van der Waals surface area contributed by atoms with Gasteiger partial charge < -0.3 is 14.6 Å². The number of amides is 1. The van der Waals surface area contributed by atoms with Crippen LogP contribution in [0.15, 0.2) is 66.2 Å². The molecule has 1 N–H and O–H groups in total. The lowest BCUT2D eigenvalue weighted by Crippen LogP contribution is -2.18. The Morgan fingerprint density at radius 1 is 1.20 bits per heavy atom. The molecule has 0 saturated heterocycles. The van der Waals surface area contributed by atoms with Crippen molar-refractivity contribution in [1.82, 2.24) is 9.55 Å². The number of anilines is 1. The van der Waals surface area contributed by atoms with Gasteiger partial charge in [-0.15, -0.1) is 11.3 Å². The molecule has 2 aromatic carbocycles. The number of hydrogen-bond donors (Lipinski definition) is 1. The molecule has 2 heterocycles. The monoisotopic (exact) mass is 437 g/mol. The van der Waals surface area contributed by atoms with E-state index in [1.54, 1.807) is 36.6 Å². The molecule has 0 spiro atoms. The van der Waals surface area contributed by atoms with Gasteiger partial charge in [-0.3, -0.25) is 4.79 Å². The lowest BCUT2D eigenvalue weighted by Gasteiger charge is -2.10. The van der Waals surface area contributed by atoms with Gasteiger partial charge in [-0.25, -0.2) is 4.98 Å². The molecule has 4 aromatic rings. The molecule has 30 heavy (non-hydrogen) atoms. The Labute approximate surface area is 183 Å². The van der Waals surface area contributed by atoms with E-state index in [0.29, 0.717) is 16.5 Å². The van der Waals surface area contributed by atoms with Crippen LogP contribution in [0.5, 0.6) is 5.75 Å². The van der Waals surface area contributed by atoms with E-state index in [4.69, 9.17) is 21.3 Å². The number of benzene rings is 2. The van der Waals surface area contributed by atoms with Crippen molar-refractivity contribution in [2.75, 3.05) is 12.4 Å². The van der Waals surface area contributed by atoms with E-state index in [9.17, 15) is 4.79 Å². The minimum atomic E-state index is -0.149. The van der Waals surface area contributed by atoms with Crippen LogP contribution in [0.2, 0.25) is 5.02 Å². The largest absolute Gasteiger partial charge is 0.495 e. The summed E-state index contributed by atoms with van der Waals surface area (Å²) in [5.41, 5.74) is 4.75. The third kappa shape index (κ3) is 4.40. The minimum Gasteiger partial charge on any atom is -0.495 e. The van der Waals surface area contributed by atoms with Gasteiger partial charge in [-0.2, -0.15) is 0 Å². The topological polar surface area (TPSA) is 56.1 Å². The number of nitrogens with zero attached hydrogens (tertiary/aromatic N) is 2. The molecule has 1 amide bonds. The number of aryl methyl sites for hydroxylation is 1. The van der Waals surface area contributed by atoms with Crippen molar-refractivity contribution in [2.24, 2.45) is 0 Å². The Morgan fingerprint density at radius 3 is 2.73 bits per heavy atom. The number of ether oxygens (including phenoxy) is 1. The van der Waals surface area contributed by atoms with Crippen LogP contribution >= 0.6 is 22.9 Å². The lowest BCUT2D eigenvalue weighted by molar-refractivity contribution is -0.116. The first-order valence-electron chi connectivity index (χ1n) is 9.35. The number of thiazole rings is 1.